The minimum Gasteiger partial charge on any atom is -0.480 e. The second-order valence-electron chi connectivity index (χ2n) is 16.7. The molecule has 284 valence electrons. The number of fused-ring (bicyclic) bond motifs is 3. The van der Waals surface area contributed by atoms with Gasteiger partial charge in [-0.15, -0.1) is 0 Å². The molecule has 3 aromatic heterocycles. The third kappa shape index (κ3) is 6.02. The Kier molecular flexibility index (Phi) is 8.79. The molecule has 3 aliphatic heterocycles. The van der Waals surface area contributed by atoms with Crippen LogP contribution in [0.15, 0.2) is 12.3 Å². The van der Waals surface area contributed by atoms with Gasteiger partial charge in [0, 0.05) is 35.0 Å². The summed E-state index contributed by atoms with van der Waals surface area (Å²) in [6, 6.07) is 3.13. The number of piperidine rings is 1. The normalized spacial score (nSPS) is 30.8. The molecule has 0 amide bonds. The van der Waals surface area contributed by atoms with Crippen molar-refractivity contribution in [2.24, 2.45) is 5.41 Å². The van der Waals surface area contributed by atoms with Gasteiger partial charge in [-0.1, -0.05) is 6.42 Å². The standard InChI is InChI=1S/C40H52FN7O5/c1-24-19-28-27(20-42-46-28)30(25(24)2)33-32(41)34-31(36(43-33)50-4)35(47-16-18-51-22-38(3,49)21-47)45-37(44-34)52-23-39-10-5-7-29(39)48(15-6-11-39)26-8-12-40(13-9-26)14-17-53-40/h19-20,26,29,49H,5-18,21-23H2,1-4H3,(H,42,46)/t26?,29-,38+,39-,40?/m1/s1. The van der Waals surface area contributed by atoms with Crippen LogP contribution in [0.25, 0.3) is 33.1 Å². The van der Waals surface area contributed by atoms with Gasteiger partial charge in [0.2, 0.25) is 5.88 Å². The fourth-order valence-corrected chi connectivity index (χ4v) is 10.4. The fourth-order valence-electron chi connectivity index (χ4n) is 10.4. The molecule has 2 saturated carbocycles. The lowest BCUT2D eigenvalue weighted by Crippen LogP contribution is -2.58. The zero-order valence-electron chi connectivity index (χ0n) is 31.5. The second kappa shape index (κ2) is 13.3. The molecule has 6 heterocycles. The minimum atomic E-state index is -1.16. The molecule has 3 atom stereocenters. The van der Waals surface area contributed by atoms with Crippen LogP contribution in [0.3, 0.4) is 0 Å². The topological polar surface area (TPSA) is 131 Å². The molecule has 13 heteroatoms. The van der Waals surface area contributed by atoms with Gasteiger partial charge in [-0.3, -0.25) is 10.00 Å². The quantitative estimate of drug-likeness (QED) is 0.231. The zero-order valence-corrected chi connectivity index (χ0v) is 31.5. The third-order valence-electron chi connectivity index (χ3n) is 13.3. The van der Waals surface area contributed by atoms with Crippen molar-refractivity contribution in [3.63, 3.8) is 0 Å². The van der Waals surface area contributed by atoms with Crippen LogP contribution in [-0.4, -0.2) is 112 Å². The molecule has 2 N–H and O–H groups in total. The van der Waals surface area contributed by atoms with Crippen LogP contribution in [0.2, 0.25) is 0 Å². The molecular weight excluding hydrogens is 677 g/mol. The summed E-state index contributed by atoms with van der Waals surface area (Å²) in [6.07, 6.45) is 13.2. The number of aliphatic hydroxyl groups is 1. The molecule has 53 heavy (non-hydrogen) atoms. The molecule has 9 rings (SSSR count). The summed E-state index contributed by atoms with van der Waals surface area (Å²) in [5, 5.41) is 19.6. The van der Waals surface area contributed by atoms with Crippen molar-refractivity contribution in [2.75, 3.05) is 58.1 Å². The van der Waals surface area contributed by atoms with Gasteiger partial charge < -0.3 is 29.0 Å². The summed E-state index contributed by atoms with van der Waals surface area (Å²) in [5.41, 5.74) is 2.44. The van der Waals surface area contributed by atoms with Crippen LogP contribution in [0.4, 0.5) is 10.2 Å². The van der Waals surface area contributed by atoms with Crippen molar-refractivity contribution in [1.29, 1.82) is 0 Å². The van der Waals surface area contributed by atoms with E-state index in [9.17, 15) is 5.11 Å². The van der Waals surface area contributed by atoms with E-state index in [0.717, 1.165) is 80.1 Å². The summed E-state index contributed by atoms with van der Waals surface area (Å²) < 4.78 is 41.8. The van der Waals surface area contributed by atoms with Crippen molar-refractivity contribution in [3.8, 4) is 23.1 Å². The van der Waals surface area contributed by atoms with Crippen molar-refractivity contribution in [3.05, 3.63) is 29.2 Å². The van der Waals surface area contributed by atoms with Gasteiger partial charge in [-0.05, 0) is 102 Å². The maximum atomic E-state index is 17.3. The summed E-state index contributed by atoms with van der Waals surface area (Å²) in [6.45, 7) is 9.37. The van der Waals surface area contributed by atoms with Crippen molar-refractivity contribution >= 4 is 27.6 Å². The number of anilines is 1. The molecule has 2 aliphatic carbocycles. The first-order valence-corrected chi connectivity index (χ1v) is 19.6. The number of rotatable bonds is 7. The Hall–Kier alpha value is -3.65. The highest BCUT2D eigenvalue weighted by Gasteiger charge is 2.52. The van der Waals surface area contributed by atoms with Crippen molar-refractivity contribution in [1.82, 2.24) is 30.0 Å². The van der Waals surface area contributed by atoms with Gasteiger partial charge in [-0.25, -0.2) is 9.37 Å². The molecule has 5 fully saturated rings. The van der Waals surface area contributed by atoms with E-state index in [1.807, 2.05) is 24.8 Å². The first kappa shape index (κ1) is 35.1. The number of nitrogens with zero attached hydrogens (tertiary/aromatic N) is 6. The van der Waals surface area contributed by atoms with E-state index in [4.69, 9.17) is 33.9 Å². The number of aromatic nitrogens is 5. The number of H-pyrrole nitrogens is 1. The minimum absolute atomic E-state index is 0.0237. The Morgan fingerprint density at radius 3 is 2.62 bits per heavy atom. The molecular formula is C40H52FN7O5. The lowest BCUT2D eigenvalue weighted by molar-refractivity contribution is -0.175. The molecule has 5 aliphatic rings. The maximum Gasteiger partial charge on any atom is 0.319 e. The van der Waals surface area contributed by atoms with E-state index in [-0.39, 0.29) is 47.3 Å². The van der Waals surface area contributed by atoms with E-state index in [2.05, 4.69) is 15.1 Å². The number of nitrogens with one attached hydrogen (secondary N) is 1. The number of β-amino-alcohol motifs (C(OH)–C–C–N with tert-alkyl or cyclic N) is 1. The highest BCUT2D eigenvalue weighted by molar-refractivity contribution is 6.01. The Morgan fingerprint density at radius 2 is 1.85 bits per heavy atom. The van der Waals surface area contributed by atoms with Crippen LogP contribution in [0.5, 0.6) is 11.9 Å². The largest absolute Gasteiger partial charge is 0.480 e. The number of pyridine rings is 1. The smallest absolute Gasteiger partial charge is 0.319 e. The number of benzene rings is 1. The molecule has 3 saturated heterocycles. The maximum absolute atomic E-state index is 17.3. The summed E-state index contributed by atoms with van der Waals surface area (Å²) >= 11 is 0. The first-order valence-electron chi connectivity index (χ1n) is 19.6. The van der Waals surface area contributed by atoms with Crippen molar-refractivity contribution in [2.45, 2.75) is 108 Å². The Labute approximate surface area is 309 Å². The Bertz CT molecular complexity index is 2020. The number of likely N-dealkylation sites (tertiary alicyclic amines) is 1. The van der Waals surface area contributed by atoms with Crippen LogP contribution in [0, 0.1) is 25.1 Å². The number of hydrogen-bond acceptors (Lipinski definition) is 11. The molecule has 1 spiro atoms. The number of halogens is 1. The third-order valence-corrected chi connectivity index (χ3v) is 13.3. The first-order chi connectivity index (χ1) is 25.6. The van der Waals surface area contributed by atoms with Gasteiger partial charge in [0.25, 0.3) is 0 Å². The average molecular weight is 730 g/mol. The van der Waals surface area contributed by atoms with E-state index >= 15 is 4.39 Å². The highest BCUT2D eigenvalue weighted by Crippen LogP contribution is 2.51. The summed E-state index contributed by atoms with van der Waals surface area (Å²) in [7, 11) is 1.52. The summed E-state index contributed by atoms with van der Waals surface area (Å²) in [4.78, 5) is 19.4. The molecule has 1 aromatic carbocycles. The molecule has 0 unspecified atom stereocenters. The van der Waals surface area contributed by atoms with E-state index < -0.39 is 11.4 Å². The molecule has 12 nitrogen and oxygen atoms in total. The SMILES string of the molecule is COc1nc(-c2c(C)c(C)cc3[nH]ncc23)c(F)c2nc(OC[C@]34CCC[C@H]3N(C3CCC5(CCO5)CC3)CCC4)nc(N3CCOC[C@@](C)(O)C3)c12. The number of methoxy groups -OCH3 is 1. The number of aromatic amines is 1. The predicted octanol–water partition coefficient (Wildman–Crippen LogP) is 6.04. The number of aryl methyl sites for hydroxylation is 1. The van der Waals surface area contributed by atoms with Crippen LogP contribution in [-0.2, 0) is 9.47 Å². The second-order valence-corrected chi connectivity index (χ2v) is 16.7. The van der Waals surface area contributed by atoms with Crippen LogP contribution in [0.1, 0.15) is 82.3 Å². The number of ether oxygens (including phenoxy) is 4. The van der Waals surface area contributed by atoms with Gasteiger partial charge in [-0.2, -0.15) is 15.1 Å². The molecule has 0 bridgehead atoms. The number of hydrogen-bond donors (Lipinski definition) is 2. The van der Waals surface area contributed by atoms with Gasteiger partial charge >= 0.3 is 6.01 Å². The van der Waals surface area contributed by atoms with Gasteiger partial charge in [0.05, 0.1) is 57.4 Å². The molecule has 0 radical (unpaired) electrons. The van der Waals surface area contributed by atoms with Crippen LogP contribution >= 0.6 is 0 Å². The van der Waals surface area contributed by atoms with E-state index in [0.29, 0.717) is 48.6 Å². The van der Waals surface area contributed by atoms with E-state index in [1.165, 1.54) is 26.4 Å². The fraction of sp³-hybridized carbons (Fsp3) is 0.650. The Balaban J connectivity index is 1.11. The van der Waals surface area contributed by atoms with E-state index in [1.54, 1.807) is 13.1 Å². The predicted molar refractivity (Wildman–Crippen MR) is 199 cm³/mol. The van der Waals surface area contributed by atoms with Crippen molar-refractivity contribution < 1.29 is 28.4 Å². The lowest BCUT2D eigenvalue weighted by Gasteiger charge is -2.53. The highest BCUT2D eigenvalue weighted by atomic mass is 19.1. The van der Waals surface area contributed by atoms with Crippen LogP contribution < -0.4 is 14.4 Å². The van der Waals surface area contributed by atoms with Gasteiger partial charge in [0.15, 0.2) is 5.82 Å². The molecule has 4 aromatic rings. The Morgan fingerprint density at radius 1 is 1.04 bits per heavy atom. The van der Waals surface area contributed by atoms with Gasteiger partial charge in [0.1, 0.15) is 28.0 Å². The average Bonchev–Trinajstić information content (AvgIpc) is 3.75. The monoisotopic (exact) mass is 729 g/mol. The zero-order chi connectivity index (χ0) is 36.5. The summed E-state index contributed by atoms with van der Waals surface area (Å²) in [5.74, 6) is 0.00826. The lowest BCUT2D eigenvalue weighted by atomic mass is 9.72.